The molecule has 2 N–H and O–H groups in total. The Bertz CT molecular complexity index is 218. The average Bonchev–Trinajstić information content (AvgIpc) is 2.28. The van der Waals surface area contributed by atoms with E-state index in [0.717, 1.165) is 19.0 Å². The topological polar surface area (TPSA) is 35.5 Å². The number of aliphatic hydroxyl groups excluding tert-OH is 1. The van der Waals surface area contributed by atoms with Crippen molar-refractivity contribution in [3.8, 4) is 0 Å². The molecule has 0 aromatic carbocycles. The van der Waals surface area contributed by atoms with Gasteiger partial charge in [0.1, 0.15) is 0 Å². The van der Waals surface area contributed by atoms with Crippen LogP contribution in [0, 0.1) is 11.3 Å². The molecule has 0 aliphatic heterocycles. The van der Waals surface area contributed by atoms with E-state index in [0.29, 0.717) is 5.41 Å². The Kier molecular flexibility index (Phi) is 5.90. The number of rotatable bonds is 6. The Balaban J connectivity index is 2.63. The molecular weight excluding hydrogens is 212 g/mol. The van der Waals surface area contributed by atoms with Gasteiger partial charge in [-0.1, -0.05) is 19.8 Å². The van der Waals surface area contributed by atoms with Crippen LogP contribution in [0.2, 0.25) is 0 Å². The number of hydrogen-bond acceptors (Lipinski definition) is 3. The fraction of sp³-hybridized carbons (Fsp3) is 1.00. The standard InChI is InChI=1S/C14H30N2O/c1-12-6-5-7-14(8-12,10-15-3)11-16(4)13(2)9-17/h12-13,15,17H,5-11H2,1-4H3. The molecule has 1 aliphatic carbocycles. The fourth-order valence-electron chi connectivity index (χ4n) is 3.33. The van der Waals surface area contributed by atoms with Gasteiger partial charge in [0.2, 0.25) is 0 Å². The number of nitrogens with one attached hydrogen (secondary N) is 1. The van der Waals surface area contributed by atoms with E-state index < -0.39 is 0 Å². The molecule has 17 heavy (non-hydrogen) atoms. The molecule has 0 radical (unpaired) electrons. The summed E-state index contributed by atoms with van der Waals surface area (Å²) >= 11 is 0. The molecule has 0 heterocycles. The van der Waals surface area contributed by atoms with Crippen molar-refractivity contribution in [1.82, 2.24) is 10.2 Å². The zero-order chi connectivity index (χ0) is 12.9. The Hall–Kier alpha value is -0.120. The van der Waals surface area contributed by atoms with E-state index in [4.69, 9.17) is 0 Å². The van der Waals surface area contributed by atoms with Gasteiger partial charge in [0.25, 0.3) is 0 Å². The number of aliphatic hydroxyl groups is 1. The second-order valence-corrected chi connectivity index (χ2v) is 6.18. The Labute approximate surface area is 107 Å². The molecule has 0 bridgehead atoms. The zero-order valence-electron chi connectivity index (χ0n) is 12.0. The van der Waals surface area contributed by atoms with Gasteiger partial charge in [0.05, 0.1) is 6.61 Å². The molecule has 3 nitrogen and oxygen atoms in total. The van der Waals surface area contributed by atoms with Crippen LogP contribution in [-0.2, 0) is 0 Å². The molecule has 3 unspecified atom stereocenters. The molecule has 1 rings (SSSR count). The Morgan fingerprint density at radius 2 is 2.24 bits per heavy atom. The lowest BCUT2D eigenvalue weighted by atomic mass is 9.69. The fourth-order valence-corrected chi connectivity index (χ4v) is 3.33. The first-order valence-corrected chi connectivity index (χ1v) is 6.99. The minimum Gasteiger partial charge on any atom is -0.395 e. The van der Waals surface area contributed by atoms with Crippen LogP contribution in [0.15, 0.2) is 0 Å². The second-order valence-electron chi connectivity index (χ2n) is 6.18. The Morgan fingerprint density at radius 1 is 1.53 bits per heavy atom. The lowest BCUT2D eigenvalue weighted by Gasteiger charge is -2.43. The van der Waals surface area contributed by atoms with E-state index in [2.05, 4.69) is 38.2 Å². The van der Waals surface area contributed by atoms with Gasteiger partial charge in [-0.3, -0.25) is 0 Å². The van der Waals surface area contributed by atoms with Crippen molar-refractivity contribution in [3.05, 3.63) is 0 Å². The van der Waals surface area contributed by atoms with E-state index in [1.165, 1.54) is 25.7 Å². The van der Waals surface area contributed by atoms with Crippen molar-refractivity contribution in [2.75, 3.05) is 33.8 Å². The van der Waals surface area contributed by atoms with Gasteiger partial charge in [0.15, 0.2) is 0 Å². The summed E-state index contributed by atoms with van der Waals surface area (Å²) < 4.78 is 0. The van der Waals surface area contributed by atoms with Crippen LogP contribution in [-0.4, -0.2) is 49.8 Å². The average molecular weight is 242 g/mol. The minimum absolute atomic E-state index is 0.252. The first-order valence-electron chi connectivity index (χ1n) is 6.99. The van der Waals surface area contributed by atoms with Gasteiger partial charge in [-0.2, -0.15) is 0 Å². The van der Waals surface area contributed by atoms with Crippen molar-refractivity contribution in [3.63, 3.8) is 0 Å². The third kappa shape index (κ3) is 4.23. The van der Waals surface area contributed by atoms with Gasteiger partial charge < -0.3 is 15.3 Å². The van der Waals surface area contributed by atoms with Crippen LogP contribution in [0.4, 0.5) is 0 Å². The predicted molar refractivity (Wildman–Crippen MR) is 73.2 cm³/mol. The maximum Gasteiger partial charge on any atom is 0.0584 e. The van der Waals surface area contributed by atoms with Crippen molar-refractivity contribution in [2.45, 2.75) is 45.6 Å². The second kappa shape index (κ2) is 6.72. The van der Waals surface area contributed by atoms with E-state index >= 15 is 0 Å². The maximum atomic E-state index is 9.24. The predicted octanol–water partition coefficient (Wildman–Crippen LogP) is 1.71. The zero-order valence-corrected chi connectivity index (χ0v) is 12.0. The molecule has 1 aliphatic rings. The molecule has 0 aromatic heterocycles. The highest BCUT2D eigenvalue weighted by atomic mass is 16.3. The molecular formula is C14H30N2O. The maximum absolute atomic E-state index is 9.24. The van der Waals surface area contributed by atoms with Crippen LogP contribution in [0.25, 0.3) is 0 Å². The van der Waals surface area contributed by atoms with Crippen molar-refractivity contribution in [1.29, 1.82) is 0 Å². The minimum atomic E-state index is 0.252. The largest absolute Gasteiger partial charge is 0.395 e. The summed E-state index contributed by atoms with van der Waals surface area (Å²) in [5, 5.41) is 12.6. The van der Waals surface area contributed by atoms with Gasteiger partial charge in [-0.05, 0) is 45.2 Å². The highest BCUT2D eigenvalue weighted by Crippen LogP contribution is 2.39. The number of likely N-dealkylation sites (N-methyl/N-ethyl adjacent to an activating group) is 1. The molecule has 102 valence electrons. The van der Waals surface area contributed by atoms with Crippen molar-refractivity contribution in [2.24, 2.45) is 11.3 Å². The lowest BCUT2D eigenvalue weighted by Crippen LogP contribution is -2.47. The summed E-state index contributed by atoms with van der Waals surface area (Å²) in [5.41, 5.74) is 0.407. The van der Waals surface area contributed by atoms with Gasteiger partial charge >= 0.3 is 0 Å². The SMILES string of the molecule is CNCC1(CN(C)C(C)CO)CCCC(C)C1. The van der Waals surface area contributed by atoms with E-state index in [9.17, 15) is 5.11 Å². The van der Waals surface area contributed by atoms with Crippen molar-refractivity contribution < 1.29 is 5.11 Å². The van der Waals surface area contributed by atoms with E-state index in [1.807, 2.05) is 0 Å². The Morgan fingerprint density at radius 3 is 2.76 bits per heavy atom. The summed E-state index contributed by atoms with van der Waals surface area (Å²) in [6.07, 6.45) is 5.37. The molecule has 0 aromatic rings. The van der Waals surface area contributed by atoms with Crippen LogP contribution < -0.4 is 5.32 Å². The number of nitrogens with zero attached hydrogens (tertiary/aromatic N) is 1. The normalized spacial score (nSPS) is 31.8. The summed E-state index contributed by atoms with van der Waals surface area (Å²) in [6.45, 7) is 6.92. The van der Waals surface area contributed by atoms with Crippen LogP contribution in [0.3, 0.4) is 0 Å². The summed E-state index contributed by atoms with van der Waals surface area (Å²) in [7, 11) is 4.19. The summed E-state index contributed by atoms with van der Waals surface area (Å²) in [5.74, 6) is 0.843. The smallest absolute Gasteiger partial charge is 0.0584 e. The van der Waals surface area contributed by atoms with Gasteiger partial charge in [0, 0.05) is 19.1 Å². The van der Waals surface area contributed by atoms with Crippen molar-refractivity contribution >= 4 is 0 Å². The van der Waals surface area contributed by atoms with E-state index in [-0.39, 0.29) is 12.6 Å². The van der Waals surface area contributed by atoms with Crippen LogP contribution in [0.1, 0.15) is 39.5 Å². The summed E-state index contributed by atoms with van der Waals surface area (Å²) in [6, 6.07) is 0.265. The quantitative estimate of drug-likeness (QED) is 0.744. The molecule has 3 atom stereocenters. The molecule has 1 saturated carbocycles. The highest BCUT2D eigenvalue weighted by molar-refractivity contribution is 4.89. The van der Waals surface area contributed by atoms with Gasteiger partial charge in [-0.25, -0.2) is 0 Å². The third-order valence-corrected chi connectivity index (χ3v) is 4.34. The third-order valence-electron chi connectivity index (χ3n) is 4.34. The summed E-state index contributed by atoms with van der Waals surface area (Å²) in [4.78, 5) is 2.31. The first-order chi connectivity index (χ1) is 8.03. The molecule has 0 amide bonds. The van der Waals surface area contributed by atoms with E-state index in [1.54, 1.807) is 0 Å². The molecule has 0 spiro atoms. The first kappa shape index (κ1) is 14.9. The lowest BCUT2D eigenvalue weighted by molar-refractivity contribution is 0.0612. The van der Waals surface area contributed by atoms with Crippen LogP contribution in [0.5, 0.6) is 0 Å². The highest BCUT2D eigenvalue weighted by Gasteiger charge is 2.35. The molecule has 3 heteroatoms. The van der Waals surface area contributed by atoms with Crippen LogP contribution >= 0.6 is 0 Å². The number of hydrogen-bond donors (Lipinski definition) is 2. The molecule has 1 fully saturated rings. The van der Waals surface area contributed by atoms with Gasteiger partial charge in [-0.15, -0.1) is 0 Å². The molecule has 0 saturated heterocycles. The monoisotopic (exact) mass is 242 g/mol.